The zero-order valence-electron chi connectivity index (χ0n) is 13.0. The molecule has 0 aliphatic carbocycles. The highest BCUT2D eigenvalue weighted by Crippen LogP contribution is 2.18. The van der Waals surface area contributed by atoms with E-state index in [0.29, 0.717) is 17.9 Å². The van der Waals surface area contributed by atoms with Gasteiger partial charge in [-0.25, -0.2) is 4.79 Å². The average Bonchev–Trinajstić information content (AvgIpc) is 2.56. The monoisotopic (exact) mass is 330 g/mol. The fourth-order valence-corrected chi connectivity index (χ4v) is 2.28. The van der Waals surface area contributed by atoms with Gasteiger partial charge in [0.05, 0.1) is 6.61 Å². The number of nitrogens with one attached hydrogen (secondary N) is 2. The average molecular weight is 330 g/mol. The van der Waals surface area contributed by atoms with Crippen LogP contribution in [0, 0.1) is 0 Å². The first-order chi connectivity index (χ1) is 11.1. The molecule has 0 saturated carbocycles. The maximum atomic E-state index is 12.2. The first-order valence-corrected chi connectivity index (χ1v) is 8.34. The molecule has 0 unspecified atom stereocenters. The molecular formula is C17H18N2O3S. The molecule has 0 heterocycles. The molecule has 120 valence electrons. The molecule has 0 saturated heterocycles. The predicted molar refractivity (Wildman–Crippen MR) is 93.3 cm³/mol. The van der Waals surface area contributed by atoms with Crippen molar-refractivity contribution in [2.45, 2.75) is 11.8 Å². The minimum Gasteiger partial charge on any atom is -0.450 e. The molecule has 0 radical (unpaired) electrons. The van der Waals surface area contributed by atoms with Crippen LogP contribution in [0.2, 0.25) is 0 Å². The summed E-state index contributed by atoms with van der Waals surface area (Å²) in [5, 5.41) is 5.41. The lowest BCUT2D eigenvalue weighted by Crippen LogP contribution is -2.14. The van der Waals surface area contributed by atoms with Gasteiger partial charge >= 0.3 is 6.09 Å². The van der Waals surface area contributed by atoms with E-state index in [9.17, 15) is 9.59 Å². The summed E-state index contributed by atoms with van der Waals surface area (Å²) in [6.45, 7) is 2.04. The molecule has 0 fully saturated rings. The molecule has 2 N–H and O–H groups in total. The van der Waals surface area contributed by atoms with E-state index >= 15 is 0 Å². The number of thioether (sulfide) groups is 1. The third-order valence-electron chi connectivity index (χ3n) is 3.02. The number of carbonyl (C=O) groups is 2. The SMILES string of the molecule is CCOC(=O)Nc1ccc(C(=O)Nc2ccc(SC)cc2)cc1. The quantitative estimate of drug-likeness (QED) is 0.805. The van der Waals surface area contributed by atoms with Crippen molar-refractivity contribution in [3.63, 3.8) is 0 Å². The van der Waals surface area contributed by atoms with E-state index < -0.39 is 6.09 Å². The second-order valence-corrected chi connectivity index (χ2v) is 5.49. The number of benzene rings is 2. The van der Waals surface area contributed by atoms with Crippen LogP contribution in [0.15, 0.2) is 53.4 Å². The Balaban J connectivity index is 1.97. The van der Waals surface area contributed by atoms with Gasteiger partial charge in [0.1, 0.15) is 0 Å². The Bertz CT molecular complexity index is 669. The van der Waals surface area contributed by atoms with Crippen molar-refractivity contribution in [2.24, 2.45) is 0 Å². The topological polar surface area (TPSA) is 67.4 Å². The first-order valence-electron chi connectivity index (χ1n) is 7.11. The van der Waals surface area contributed by atoms with Gasteiger partial charge in [-0.15, -0.1) is 11.8 Å². The number of amides is 2. The highest BCUT2D eigenvalue weighted by molar-refractivity contribution is 7.98. The van der Waals surface area contributed by atoms with Crippen LogP contribution in [0.5, 0.6) is 0 Å². The van der Waals surface area contributed by atoms with E-state index in [1.807, 2.05) is 30.5 Å². The number of carbonyl (C=O) groups excluding carboxylic acids is 2. The van der Waals surface area contributed by atoms with Crippen LogP contribution in [0.4, 0.5) is 16.2 Å². The molecule has 5 nitrogen and oxygen atoms in total. The molecule has 0 aliphatic rings. The smallest absolute Gasteiger partial charge is 0.411 e. The standard InChI is InChI=1S/C17H18N2O3S/c1-3-22-17(21)19-14-6-4-12(5-7-14)16(20)18-13-8-10-15(23-2)11-9-13/h4-11H,3H2,1-2H3,(H,18,20)(H,19,21). The summed E-state index contributed by atoms with van der Waals surface area (Å²) in [5.41, 5.74) is 1.82. The summed E-state index contributed by atoms with van der Waals surface area (Å²) >= 11 is 1.65. The van der Waals surface area contributed by atoms with Crippen molar-refractivity contribution in [1.82, 2.24) is 0 Å². The molecule has 2 aromatic rings. The lowest BCUT2D eigenvalue weighted by molar-refractivity contribution is 0.102. The number of hydrogen-bond acceptors (Lipinski definition) is 4. The van der Waals surface area contributed by atoms with Crippen molar-refractivity contribution in [3.05, 3.63) is 54.1 Å². The van der Waals surface area contributed by atoms with E-state index in [0.717, 1.165) is 10.6 Å². The highest BCUT2D eigenvalue weighted by Gasteiger charge is 2.07. The largest absolute Gasteiger partial charge is 0.450 e. The van der Waals surface area contributed by atoms with Crippen molar-refractivity contribution < 1.29 is 14.3 Å². The van der Waals surface area contributed by atoms with Gasteiger partial charge in [-0.3, -0.25) is 10.1 Å². The fraction of sp³-hybridized carbons (Fsp3) is 0.176. The molecular weight excluding hydrogens is 312 g/mol. The molecule has 6 heteroatoms. The molecule has 0 aromatic heterocycles. The predicted octanol–water partition coefficient (Wildman–Crippen LogP) is 4.23. The zero-order valence-corrected chi connectivity index (χ0v) is 13.8. The van der Waals surface area contributed by atoms with Crippen molar-refractivity contribution in [1.29, 1.82) is 0 Å². The summed E-state index contributed by atoms with van der Waals surface area (Å²) in [7, 11) is 0. The normalized spacial score (nSPS) is 10.0. The molecule has 0 aliphatic heterocycles. The first kappa shape index (κ1) is 16.9. The van der Waals surface area contributed by atoms with Gasteiger partial charge < -0.3 is 10.1 Å². The number of rotatable bonds is 5. The molecule has 0 bridgehead atoms. The summed E-state index contributed by atoms with van der Waals surface area (Å²) in [6, 6.07) is 14.2. The second-order valence-electron chi connectivity index (χ2n) is 4.61. The molecule has 23 heavy (non-hydrogen) atoms. The van der Waals surface area contributed by atoms with Crippen LogP contribution in [-0.4, -0.2) is 24.9 Å². The van der Waals surface area contributed by atoms with Crippen molar-refractivity contribution in [3.8, 4) is 0 Å². The van der Waals surface area contributed by atoms with Crippen molar-refractivity contribution in [2.75, 3.05) is 23.5 Å². The molecule has 2 rings (SSSR count). The third-order valence-corrected chi connectivity index (χ3v) is 3.76. The number of ether oxygens (including phenoxy) is 1. The van der Waals surface area contributed by atoms with Gasteiger partial charge in [0, 0.05) is 21.8 Å². The van der Waals surface area contributed by atoms with E-state index in [2.05, 4.69) is 10.6 Å². The van der Waals surface area contributed by atoms with E-state index in [1.54, 1.807) is 43.0 Å². The van der Waals surface area contributed by atoms with Gasteiger partial charge in [-0.1, -0.05) is 0 Å². The molecule has 0 atom stereocenters. The van der Waals surface area contributed by atoms with E-state index in [1.165, 1.54) is 0 Å². The summed E-state index contributed by atoms with van der Waals surface area (Å²) < 4.78 is 4.79. The maximum absolute atomic E-state index is 12.2. The van der Waals surface area contributed by atoms with Gasteiger partial charge in [0.15, 0.2) is 0 Å². The summed E-state index contributed by atoms with van der Waals surface area (Å²) in [5.74, 6) is -0.204. The Morgan fingerprint density at radius 3 is 2.09 bits per heavy atom. The third kappa shape index (κ3) is 5.03. The Hall–Kier alpha value is -2.47. The van der Waals surface area contributed by atoms with E-state index in [4.69, 9.17) is 4.74 Å². The fourth-order valence-electron chi connectivity index (χ4n) is 1.87. The van der Waals surface area contributed by atoms with Crippen LogP contribution in [0.25, 0.3) is 0 Å². The van der Waals surface area contributed by atoms with Crippen LogP contribution < -0.4 is 10.6 Å². The summed E-state index contributed by atoms with van der Waals surface area (Å²) in [6.07, 6.45) is 1.48. The Labute approximate surface area is 139 Å². The van der Waals surface area contributed by atoms with Gasteiger partial charge in [-0.2, -0.15) is 0 Å². The Morgan fingerprint density at radius 2 is 1.52 bits per heavy atom. The van der Waals surface area contributed by atoms with Gasteiger partial charge in [0.25, 0.3) is 5.91 Å². The number of anilines is 2. The van der Waals surface area contributed by atoms with Crippen LogP contribution in [0.3, 0.4) is 0 Å². The van der Waals surface area contributed by atoms with Crippen LogP contribution in [0.1, 0.15) is 17.3 Å². The van der Waals surface area contributed by atoms with Crippen LogP contribution >= 0.6 is 11.8 Å². The molecule has 2 aromatic carbocycles. The minimum atomic E-state index is -0.515. The van der Waals surface area contributed by atoms with E-state index in [-0.39, 0.29) is 5.91 Å². The van der Waals surface area contributed by atoms with Crippen molar-refractivity contribution >= 4 is 35.1 Å². The zero-order chi connectivity index (χ0) is 16.7. The lowest BCUT2D eigenvalue weighted by Gasteiger charge is -2.08. The lowest BCUT2D eigenvalue weighted by atomic mass is 10.2. The van der Waals surface area contributed by atoms with Gasteiger partial charge in [-0.05, 0) is 61.7 Å². The second kappa shape index (κ2) is 8.24. The van der Waals surface area contributed by atoms with Crippen LogP contribution in [-0.2, 0) is 4.74 Å². The molecule has 2 amide bonds. The number of hydrogen-bond donors (Lipinski definition) is 2. The Kier molecular flexibility index (Phi) is 6.05. The highest BCUT2D eigenvalue weighted by atomic mass is 32.2. The Morgan fingerprint density at radius 1 is 0.957 bits per heavy atom. The molecule has 0 spiro atoms. The minimum absolute atomic E-state index is 0.204. The summed E-state index contributed by atoms with van der Waals surface area (Å²) in [4.78, 5) is 24.6. The van der Waals surface area contributed by atoms with Gasteiger partial charge in [0.2, 0.25) is 0 Å². The maximum Gasteiger partial charge on any atom is 0.411 e.